The Balaban J connectivity index is 2.02. The summed E-state index contributed by atoms with van der Waals surface area (Å²) < 4.78 is 27.7. The lowest BCUT2D eigenvalue weighted by molar-refractivity contribution is 0.497. The van der Waals surface area contributed by atoms with Crippen LogP contribution in [-0.2, 0) is 16.4 Å². The molecule has 1 aliphatic rings. The normalized spacial score (nSPS) is 20.9. The van der Waals surface area contributed by atoms with Gasteiger partial charge in [0.05, 0.1) is 5.25 Å². The fourth-order valence-corrected chi connectivity index (χ4v) is 4.61. The minimum absolute atomic E-state index is 0.0449. The van der Waals surface area contributed by atoms with E-state index >= 15 is 0 Å². The van der Waals surface area contributed by atoms with E-state index in [0.717, 1.165) is 19.3 Å². The zero-order valence-corrected chi connectivity index (χ0v) is 14.0. The Morgan fingerprint density at radius 3 is 2.85 bits per heavy atom. The topological polar surface area (TPSA) is 58.2 Å². The standard InChI is InChI=1S/C14H24N2O2S2/c1-10(2)15-9-11(3)20(17,18)16-13-5-4-6-14-12(13)7-8-19-14/h7-8,10-11,13,15-16H,4-6,9H2,1-3H3. The van der Waals surface area contributed by atoms with Crippen LogP contribution in [0.25, 0.3) is 0 Å². The first-order valence-corrected chi connectivity index (χ1v) is 9.63. The van der Waals surface area contributed by atoms with Crippen LogP contribution >= 0.6 is 11.3 Å². The first kappa shape index (κ1) is 15.9. The first-order valence-electron chi connectivity index (χ1n) is 7.21. The molecule has 0 saturated carbocycles. The Morgan fingerprint density at radius 1 is 1.40 bits per heavy atom. The fourth-order valence-electron chi connectivity index (χ4n) is 2.43. The largest absolute Gasteiger partial charge is 0.313 e. The molecule has 2 N–H and O–H groups in total. The van der Waals surface area contributed by atoms with Crippen molar-refractivity contribution in [1.29, 1.82) is 0 Å². The molecule has 6 heteroatoms. The van der Waals surface area contributed by atoms with Gasteiger partial charge < -0.3 is 5.32 Å². The molecule has 2 rings (SSSR count). The highest BCUT2D eigenvalue weighted by molar-refractivity contribution is 7.90. The molecule has 114 valence electrons. The summed E-state index contributed by atoms with van der Waals surface area (Å²) in [6.45, 7) is 6.28. The van der Waals surface area contributed by atoms with Crippen molar-refractivity contribution in [2.24, 2.45) is 0 Å². The Bertz CT molecular complexity index is 537. The van der Waals surface area contributed by atoms with E-state index < -0.39 is 15.3 Å². The van der Waals surface area contributed by atoms with Crippen LogP contribution in [0, 0.1) is 0 Å². The number of hydrogen-bond acceptors (Lipinski definition) is 4. The maximum absolute atomic E-state index is 12.4. The molecule has 2 atom stereocenters. The predicted octanol–water partition coefficient (Wildman–Crippen LogP) is 2.43. The molecule has 0 spiro atoms. The van der Waals surface area contributed by atoms with E-state index in [-0.39, 0.29) is 6.04 Å². The summed E-state index contributed by atoms with van der Waals surface area (Å²) >= 11 is 1.73. The highest BCUT2D eigenvalue weighted by atomic mass is 32.2. The molecule has 20 heavy (non-hydrogen) atoms. The van der Waals surface area contributed by atoms with Gasteiger partial charge in [-0.05, 0) is 43.2 Å². The van der Waals surface area contributed by atoms with Gasteiger partial charge in [0, 0.05) is 23.5 Å². The molecule has 0 amide bonds. The van der Waals surface area contributed by atoms with Gasteiger partial charge in [-0.25, -0.2) is 13.1 Å². The smallest absolute Gasteiger partial charge is 0.216 e. The lowest BCUT2D eigenvalue weighted by Crippen LogP contribution is -2.42. The monoisotopic (exact) mass is 316 g/mol. The molecule has 1 aromatic rings. The second-order valence-electron chi connectivity index (χ2n) is 5.78. The molecule has 1 heterocycles. The molecule has 0 fully saturated rings. The van der Waals surface area contributed by atoms with Gasteiger partial charge in [-0.15, -0.1) is 11.3 Å². The summed E-state index contributed by atoms with van der Waals surface area (Å²) in [4.78, 5) is 1.33. The second kappa shape index (κ2) is 6.56. The molecular weight excluding hydrogens is 292 g/mol. The Labute approximate surface area is 126 Å². The van der Waals surface area contributed by atoms with Crippen molar-refractivity contribution in [1.82, 2.24) is 10.0 Å². The zero-order chi connectivity index (χ0) is 14.8. The molecule has 1 aromatic heterocycles. The number of thiophene rings is 1. The SMILES string of the molecule is CC(C)NCC(C)S(=O)(=O)NC1CCCc2sccc21. The van der Waals surface area contributed by atoms with Gasteiger partial charge in [-0.3, -0.25) is 0 Å². The molecular formula is C14H24N2O2S2. The summed E-state index contributed by atoms with van der Waals surface area (Å²) in [6, 6.07) is 2.31. The lowest BCUT2D eigenvalue weighted by Gasteiger charge is -2.25. The number of rotatable bonds is 6. The third-order valence-electron chi connectivity index (χ3n) is 3.70. The fraction of sp³-hybridized carbons (Fsp3) is 0.714. The summed E-state index contributed by atoms with van der Waals surface area (Å²) in [5.74, 6) is 0. The molecule has 0 aliphatic heterocycles. The van der Waals surface area contributed by atoms with Crippen LogP contribution < -0.4 is 10.0 Å². The maximum Gasteiger partial charge on any atom is 0.216 e. The second-order valence-corrected chi connectivity index (χ2v) is 8.91. The number of aryl methyl sites for hydroxylation is 1. The summed E-state index contributed by atoms with van der Waals surface area (Å²) in [6.07, 6.45) is 3.03. The van der Waals surface area contributed by atoms with Crippen LogP contribution in [0.5, 0.6) is 0 Å². The lowest BCUT2D eigenvalue weighted by atomic mass is 9.95. The number of sulfonamides is 1. The van der Waals surface area contributed by atoms with Crippen molar-refractivity contribution in [3.05, 3.63) is 21.9 Å². The molecule has 0 aromatic carbocycles. The molecule has 1 aliphatic carbocycles. The third-order valence-corrected chi connectivity index (χ3v) is 6.54. The number of fused-ring (bicyclic) bond motifs is 1. The average molecular weight is 316 g/mol. The molecule has 0 bridgehead atoms. The van der Waals surface area contributed by atoms with Crippen molar-refractivity contribution in [3.8, 4) is 0 Å². The van der Waals surface area contributed by atoms with Crippen molar-refractivity contribution in [2.75, 3.05) is 6.54 Å². The van der Waals surface area contributed by atoms with Crippen LogP contribution in [0.1, 0.15) is 50.1 Å². The molecule has 0 saturated heterocycles. The van der Waals surface area contributed by atoms with Crippen LogP contribution in [0.4, 0.5) is 0 Å². The van der Waals surface area contributed by atoms with Crippen LogP contribution in [0.3, 0.4) is 0 Å². The zero-order valence-electron chi connectivity index (χ0n) is 12.3. The summed E-state index contributed by atoms with van der Waals surface area (Å²) in [5, 5.41) is 4.82. The Hall–Kier alpha value is -0.430. The number of hydrogen-bond donors (Lipinski definition) is 2. The van der Waals surface area contributed by atoms with Gasteiger partial charge in [0.1, 0.15) is 0 Å². The Morgan fingerprint density at radius 2 is 2.15 bits per heavy atom. The van der Waals surface area contributed by atoms with Crippen molar-refractivity contribution < 1.29 is 8.42 Å². The minimum atomic E-state index is -3.28. The maximum atomic E-state index is 12.4. The first-order chi connectivity index (χ1) is 9.40. The van der Waals surface area contributed by atoms with Gasteiger partial charge >= 0.3 is 0 Å². The number of nitrogens with one attached hydrogen (secondary N) is 2. The van der Waals surface area contributed by atoms with Gasteiger partial charge in [-0.1, -0.05) is 13.8 Å². The van der Waals surface area contributed by atoms with E-state index in [2.05, 4.69) is 21.5 Å². The van der Waals surface area contributed by atoms with Crippen LogP contribution in [0.2, 0.25) is 0 Å². The third kappa shape index (κ3) is 3.81. The molecule has 0 radical (unpaired) electrons. The summed E-state index contributed by atoms with van der Waals surface area (Å²) in [7, 11) is -3.28. The summed E-state index contributed by atoms with van der Waals surface area (Å²) in [5.41, 5.74) is 1.17. The van der Waals surface area contributed by atoms with E-state index in [9.17, 15) is 8.42 Å². The van der Waals surface area contributed by atoms with E-state index in [1.165, 1.54) is 10.4 Å². The van der Waals surface area contributed by atoms with Gasteiger partial charge in [0.25, 0.3) is 0 Å². The van der Waals surface area contributed by atoms with Crippen molar-refractivity contribution >= 4 is 21.4 Å². The van der Waals surface area contributed by atoms with Crippen LogP contribution in [-0.4, -0.2) is 26.3 Å². The Kier molecular flexibility index (Phi) is 5.23. The van der Waals surface area contributed by atoms with Gasteiger partial charge in [-0.2, -0.15) is 0 Å². The van der Waals surface area contributed by atoms with E-state index in [4.69, 9.17) is 0 Å². The molecule has 2 unspecified atom stereocenters. The van der Waals surface area contributed by atoms with E-state index in [1.807, 2.05) is 13.8 Å². The molecule has 4 nitrogen and oxygen atoms in total. The van der Waals surface area contributed by atoms with E-state index in [0.29, 0.717) is 12.6 Å². The average Bonchev–Trinajstić information content (AvgIpc) is 2.84. The quantitative estimate of drug-likeness (QED) is 0.847. The highest BCUT2D eigenvalue weighted by Crippen LogP contribution is 2.33. The van der Waals surface area contributed by atoms with Gasteiger partial charge in [0.15, 0.2) is 0 Å². The highest BCUT2D eigenvalue weighted by Gasteiger charge is 2.28. The minimum Gasteiger partial charge on any atom is -0.313 e. The van der Waals surface area contributed by atoms with Crippen LogP contribution in [0.15, 0.2) is 11.4 Å². The van der Waals surface area contributed by atoms with Crippen molar-refractivity contribution in [3.63, 3.8) is 0 Å². The predicted molar refractivity (Wildman–Crippen MR) is 84.7 cm³/mol. The van der Waals surface area contributed by atoms with Crippen molar-refractivity contribution in [2.45, 2.75) is 57.4 Å². The van der Waals surface area contributed by atoms with E-state index in [1.54, 1.807) is 18.3 Å². The van der Waals surface area contributed by atoms with Gasteiger partial charge in [0.2, 0.25) is 10.0 Å².